The van der Waals surface area contributed by atoms with Gasteiger partial charge in [0.1, 0.15) is 5.76 Å². The predicted octanol–water partition coefficient (Wildman–Crippen LogP) is 3.80. The Morgan fingerprint density at radius 1 is 1.25 bits per heavy atom. The second-order valence-corrected chi connectivity index (χ2v) is 3.30. The average molecular weight is 230 g/mol. The van der Waals surface area contributed by atoms with Gasteiger partial charge in [0, 0.05) is 5.56 Å². The Hall–Kier alpha value is -1.45. The fourth-order valence-corrected chi connectivity index (χ4v) is 1.31. The van der Waals surface area contributed by atoms with Gasteiger partial charge in [-0.25, -0.2) is 0 Å². The van der Waals surface area contributed by atoms with Gasteiger partial charge < -0.3 is 4.74 Å². The van der Waals surface area contributed by atoms with Crippen molar-refractivity contribution in [3.63, 3.8) is 0 Å². The van der Waals surface area contributed by atoms with E-state index in [0.717, 1.165) is 12.0 Å². The topological polar surface area (TPSA) is 9.23 Å². The van der Waals surface area contributed by atoms with E-state index in [1.807, 2.05) is 6.92 Å². The summed E-state index contributed by atoms with van der Waals surface area (Å²) in [6.45, 7) is 1.98. The smallest absolute Gasteiger partial charge is 0.413 e. The maximum absolute atomic E-state index is 12.2. The Kier molecular flexibility index (Phi) is 3.99. The van der Waals surface area contributed by atoms with Crippen molar-refractivity contribution in [1.29, 1.82) is 0 Å². The van der Waals surface area contributed by atoms with Gasteiger partial charge in [0.15, 0.2) is 0 Å². The van der Waals surface area contributed by atoms with Crippen LogP contribution in [-0.2, 0) is 11.2 Å². The molecule has 88 valence electrons. The monoisotopic (exact) mass is 230 g/mol. The van der Waals surface area contributed by atoms with Crippen molar-refractivity contribution in [2.24, 2.45) is 0 Å². The van der Waals surface area contributed by atoms with Gasteiger partial charge in [-0.15, -0.1) is 0 Å². The molecule has 0 aliphatic heterocycles. The zero-order valence-electron chi connectivity index (χ0n) is 9.14. The minimum atomic E-state index is -4.37. The van der Waals surface area contributed by atoms with Gasteiger partial charge in [-0.05, 0) is 12.0 Å². The number of alkyl halides is 3. The molecule has 0 saturated heterocycles. The van der Waals surface area contributed by atoms with Crippen LogP contribution in [-0.4, -0.2) is 13.3 Å². The molecule has 0 amide bonds. The quantitative estimate of drug-likeness (QED) is 0.717. The van der Waals surface area contributed by atoms with E-state index in [0.29, 0.717) is 5.56 Å². The van der Waals surface area contributed by atoms with Crippen LogP contribution in [0.2, 0.25) is 0 Å². The Morgan fingerprint density at radius 2 is 1.81 bits per heavy atom. The molecule has 1 aromatic carbocycles. The Bertz CT molecular complexity index is 363. The molecule has 0 atom stereocenters. The highest BCUT2D eigenvalue weighted by atomic mass is 19.4. The number of hydrogen-bond donors (Lipinski definition) is 0. The van der Waals surface area contributed by atoms with E-state index in [2.05, 4.69) is 0 Å². The van der Waals surface area contributed by atoms with E-state index in [-0.39, 0.29) is 11.8 Å². The van der Waals surface area contributed by atoms with Crippen LogP contribution in [0.25, 0.3) is 5.76 Å². The number of aryl methyl sites for hydroxylation is 1. The molecule has 16 heavy (non-hydrogen) atoms. The maximum atomic E-state index is 12.2. The van der Waals surface area contributed by atoms with Gasteiger partial charge in [0.25, 0.3) is 0 Å². The molecule has 0 fully saturated rings. The van der Waals surface area contributed by atoms with Crippen LogP contribution in [0.1, 0.15) is 18.1 Å². The van der Waals surface area contributed by atoms with E-state index in [9.17, 15) is 13.2 Å². The summed E-state index contributed by atoms with van der Waals surface area (Å²) < 4.78 is 41.2. The average Bonchev–Trinajstić information content (AvgIpc) is 2.25. The van der Waals surface area contributed by atoms with Crippen molar-refractivity contribution < 1.29 is 17.9 Å². The lowest BCUT2D eigenvalue weighted by Gasteiger charge is -2.08. The van der Waals surface area contributed by atoms with Crippen LogP contribution in [0, 0.1) is 0 Å². The summed E-state index contributed by atoms with van der Waals surface area (Å²) in [5.74, 6) is -0.171. The lowest BCUT2D eigenvalue weighted by Crippen LogP contribution is -2.04. The predicted molar refractivity (Wildman–Crippen MR) is 56.9 cm³/mol. The number of allylic oxidation sites excluding steroid dienone is 1. The molecule has 0 aliphatic rings. The van der Waals surface area contributed by atoms with E-state index in [1.54, 1.807) is 24.3 Å². The van der Waals surface area contributed by atoms with Crippen LogP contribution >= 0.6 is 0 Å². The molecular weight excluding hydrogens is 217 g/mol. The van der Waals surface area contributed by atoms with Crippen LogP contribution in [0.5, 0.6) is 0 Å². The van der Waals surface area contributed by atoms with Gasteiger partial charge in [-0.3, -0.25) is 0 Å². The Morgan fingerprint density at radius 3 is 2.19 bits per heavy atom. The number of halogens is 3. The lowest BCUT2D eigenvalue weighted by molar-refractivity contribution is -0.0804. The summed E-state index contributed by atoms with van der Waals surface area (Å²) in [6, 6.07) is 6.83. The largest absolute Gasteiger partial charge is 0.496 e. The number of benzene rings is 1. The first kappa shape index (κ1) is 12.6. The number of hydrogen-bond acceptors (Lipinski definition) is 1. The molecule has 1 rings (SSSR count). The van der Waals surface area contributed by atoms with Crippen LogP contribution in [0.4, 0.5) is 13.2 Å². The van der Waals surface area contributed by atoms with Gasteiger partial charge in [0.05, 0.1) is 13.2 Å². The highest BCUT2D eigenvalue weighted by Crippen LogP contribution is 2.24. The fraction of sp³-hybridized carbons (Fsp3) is 0.333. The molecular formula is C12H13F3O. The highest BCUT2D eigenvalue weighted by molar-refractivity contribution is 5.60. The highest BCUT2D eigenvalue weighted by Gasteiger charge is 2.25. The second kappa shape index (κ2) is 5.05. The maximum Gasteiger partial charge on any atom is 0.413 e. The van der Waals surface area contributed by atoms with Crippen molar-refractivity contribution in [3.8, 4) is 0 Å². The number of methoxy groups -OCH3 is 1. The third kappa shape index (κ3) is 3.61. The summed E-state index contributed by atoms with van der Waals surface area (Å²) in [5, 5.41) is 0. The normalized spacial score (nSPS) is 12.7. The Labute approximate surface area is 92.5 Å². The first-order chi connectivity index (χ1) is 7.46. The summed E-state index contributed by atoms with van der Waals surface area (Å²) >= 11 is 0. The van der Waals surface area contributed by atoms with Crippen molar-refractivity contribution in [2.45, 2.75) is 19.5 Å². The minimum absolute atomic E-state index is 0.161. The van der Waals surface area contributed by atoms with Crippen LogP contribution < -0.4 is 0 Å². The summed E-state index contributed by atoms with van der Waals surface area (Å²) in [7, 11) is 1.23. The van der Waals surface area contributed by atoms with E-state index in [1.165, 1.54) is 7.11 Å². The Balaban J connectivity index is 3.00. The SMILES string of the molecule is CCc1ccc(/C(=C/C(F)(F)F)OC)cc1. The second-order valence-electron chi connectivity index (χ2n) is 3.30. The molecule has 0 spiro atoms. The molecule has 0 bridgehead atoms. The molecule has 0 unspecified atom stereocenters. The third-order valence-corrected chi connectivity index (χ3v) is 2.16. The van der Waals surface area contributed by atoms with Crippen LogP contribution in [0.15, 0.2) is 30.3 Å². The third-order valence-electron chi connectivity index (χ3n) is 2.16. The first-order valence-electron chi connectivity index (χ1n) is 4.89. The minimum Gasteiger partial charge on any atom is -0.496 e. The van der Waals surface area contributed by atoms with E-state index >= 15 is 0 Å². The van der Waals surface area contributed by atoms with Crippen molar-refractivity contribution >= 4 is 5.76 Å². The summed E-state index contributed by atoms with van der Waals surface area (Å²) in [4.78, 5) is 0. The molecule has 0 radical (unpaired) electrons. The molecule has 0 saturated carbocycles. The van der Waals surface area contributed by atoms with Crippen molar-refractivity contribution in [3.05, 3.63) is 41.5 Å². The molecule has 4 heteroatoms. The summed E-state index contributed by atoms with van der Waals surface area (Å²) in [5.41, 5.74) is 1.50. The molecule has 0 N–H and O–H groups in total. The molecule has 0 aliphatic carbocycles. The van der Waals surface area contributed by atoms with Gasteiger partial charge >= 0.3 is 6.18 Å². The molecule has 0 heterocycles. The lowest BCUT2D eigenvalue weighted by atomic mass is 10.1. The molecule has 0 aromatic heterocycles. The molecule has 1 nitrogen and oxygen atoms in total. The van der Waals surface area contributed by atoms with Gasteiger partial charge in [-0.2, -0.15) is 13.2 Å². The van der Waals surface area contributed by atoms with Crippen molar-refractivity contribution in [2.75, 3.05) is 7.11 Å². The van der Waals surface area contributed by atoms with Crippen LogP contribution in [0.3, 0.4) is 0 Å². The number of ether oxygens (including phenoxy) is 1. The zero-order chi connectivity index (χ0) is 12.2. The fourth-order valence-electron chi connectivity index (χ4n) is 1.31. The van der Waals surface area contributed by atoms with E-state index in [4.69, 9.17) is 4.74 Å². The standard InChI is InChI=1S/C12H13F3O/c1-3-9-4-6-10(7-5-9)11(16-2)8-12(13,14)15/h4-8H,3H2,1-2H3/b11-8-. The van der Waals surface area contributed by atoms with E-state index < -0.39 is 6.18 Å². The first-order valence-corrected chi connectivity index (χ1v) is 4.89. The molecule has 1 aromatic rings. The zero-order valence-corrected chi connectivity index (χ0v) is 9.14. The van der Waals surface area contributed by atoms with Gasteiger partial charge in [0.2, 0.25) is 0 Å². The number of rotatable bonds is 3. The van der Waals surface area contributed by atoms with Gasteiger partial charge in [-0.1, -0.05) is 31.2 Å². The summed E-state index contributed by atoms with van der Waals surface area (Å²) in [6.07, 6.45) is -3.35. The van der Waals surface area contributed by atoms with Crippen molar-refractivity contribution in [1.82, 2.24) is 0 Å².